The SMILES string of the molecule is CC(C)N1C(C)COC[C@H]1C. The van der Waals surface area contributed by atoms with E-state index in [0.29, 0.717) is 18.1 Å². The molecule has 0 saturated carbocycles. The van der Waals surface area contributed by atoms with Gasteiger partial charge in [0.1, 0.15) is 0 Å². The molecule has 2 atom stereocenters. The molecule has 66 valence electrons. The summed E-state index contributed by atoms with van der Waals surface area (Å²) in [5.41, 5.74) is 0. The Balaban J connectivity index is 2.55. The molecule has 1 heterocycles. The Hall–Kier alpha value is -0.0800. The van der Waals surface area contributed by atoms with E-state index in [1.165, 1.54) is 0 Å². The maximum absolute atomic E-state index is 5.43. The van der Waals surface area contributed by atoms with E-state index >= 15 is 0 Å². The van der Waals surface area contributed by atoms with Crippen LogP contribution in [0.5, 0.6) is 0 Å². The monoisotopic (exact) mass is 157 g/mol. The molecule has 1 rings (SSSR count). The summed E-state index contributed by atoms with van der Waals surface area (Å²) in [6.45, 7) is 10.7. The number of hydrogen-bond acceptors (Lipinski definition) is 2. The Bertz CT molecular complexity index is 115. The Labute approximate surface area is 69.5 Å². The molecule has 11 heavy (non-hydrogen) atoms. The first-order valence-corrected chi connectivity index (χ1v) is 4.48. The van der Waals surface area contributed by atoms with Gasteiger partial charge < -0.3 is 4.74 Å². The Morgan fingerprint density at radius 3 is 1.91 bits per heavy atom. The summed E-state index contributed by atoms with van der Waals surface area (Å²) in [5.74, 6) is 0. The number of hydrogen-bond donors (Lipinski definition) is 0. The van der Waals surface area contributed by atoms with Crippen LogP contribution >= 0.6 is 0 Å². The third-order valence-corrected chi connectivity index (χ3v) is 2.33. The molecule has 1 unspecified atom stereocenters. The fraction of sp³-hybridized carbons (Fsp3) is 1.00. The van der Waals surface area contributed by atoms with Crippen molar-refractivity contribution < 1.29 is 4.74 Å². The highest BCUT2D eigenvalue weighted by molar-refractivity contribution is 4.79. The smallest absolute Gasteiger partial charge is 0.0620 e. The van der Waals surface area contributed by atoms with Crippen molar-refractivity contribution in [1.82, 2.24) is 4.90 Å². The van der Waals surface area contributed by atoms with Gasteiger partial charge in [0.15, 0.2) is 0 Å². The average molecular weight is 157 g/mol. The van der Waals surface area contributed by atoms with Gasteiger partial charge in [-0.25, -0.2) is 0 Å². The zero-order valence-electron chi connectivity index (χ0n) is 8.00. The summed E-state index contributed by atoms with van der Waals surface area (Å²) in [4.78, 5) is 2.52. The molecule has 1 saturated heterocycles. The van der Waals surface area contributed by atoms with Gasteiger partial charge in [0.25, 0.3) is 0 Å². The first-order chi connectivity index (χ1) is 5.13. The molecule has 1 aliphatic rings. The zero-order valence-corrected chi connectivity index (χ0v) is 8.00. The van der Waals surface area contributed by atoms with Crippen LogP contribution in [0.3, 0.4) is 0 Å². The van der Waals surface area contributed by atoms with Crippen molar-refractivity contribution in [2.24, 2.45) is 0 Å². The summed E-state index contributed by atoms with van der Waals surface area (Å²) in [6.07, 6.45) is 0. The number of morpholine rings is 1. The van der Waals surface area contributed by atoms with Gasteiger partial charge in [-0.3, -0.25) is 4.90 Å². The summed E-state index contributed by atoms with van der Waals surface area (Å²) >= 11 is 0. The first kappa shape index (κ1) is 9.01. The maximum Gasteiger partial charge on any atom is 0.0620 e. The second kappa shape index (κ2) is 3.55. The van der Waals surface area contributed by atoms with E-state index < -0.39 is 0 Å². The zero-order chi connectivity index (χ0) is 8.43. The van der Waals surface area contributed by atoms with Crippen LogP contribution in [0.25, 0.3) is 0 Å². The highest BCUT2D eigenvalue weighted by atomic mass is 16.5. The van der Waals surface area contributed by atoms with Crippen molar-refractivity contribution in [3.05, 3.63) is 0 Å². The van der Waals surface area contributed by atoms with E-state index in [0.717, 1.165) is 13.2 Å². The summed E-state index contributed by atoms with van der Waals surface area (Å²) in [5, 5.41) is 0. The summed E-state index contributed by atoms with van der Waals surface area (Å²) < 4.78 is 5.43. The minimum absolute atomic E-state index is 0.582. The lowest BCUT2D eigenvalue weighted by Crippen LogP contribution is -2.52. The average Bonchev–Trinajstić information content (AvgIpc) is 1.85. The lowest BCUT2D eigenvalue weighted by molar-refractivity contribution is -0.0513. The molecule has 0 aromatic carbocycles. The third-order valence-electron chi connectivity index (χ3n) is 2.33. The Morgan fingerprint density at radius 1 is 1.18 bits per heavy atom. The van der Waals surface area contributed by atoms with E-state index in [4.69, 9.17) is 4.74 Å². The fourth-order valence-electron chi connectivity index (χ4n) is 2.03. The molecule has 0 aromatic heterocycles. The molecule has 0 spiro atoms. The van der Waals surface area contributed by atoms with Gasteiger partial charge in [0.05, 0.1) is 13.2 Å². The predicted molar refractivity (Wildman–Crippen MR) is 46.7 cm³/mol. The van der Waals surface area contributed by atoms with E-state index in [9.17, 15) is 0 Å². The van der Waals surface area contributed by atoms with Crippen molar-refractivity contribution in [2.45, 2.75) is 45.8 Å². The van der Waals surface area contributed by atoms with Crippen LogP contribution in [0.4, 0.5) is 0 Å². The molecule has 1 fully saturated rings. The van der Waals surface area contributed by atoms with Crippen LogP contribution in [-0.2, 0) is 4.74 Å². The molecule has 0 radical (unpaired) electrons. The van der Waals surface area contributed by atoms with E-state index in [1.807, 2.05) is 0 Å². The lowest BCUT2D eigenvalue weighted by atomic mass is 10.1. The first-order valence-electron chi connectivity index (χ1n) is 4.48. The van der Waals surface area contributed by atoms with Crippen molar-refractivity contribution >= 4 is 0 Å². The fourth-order valence-corrected chi connectivity index (χ4v) is 2.03. The molecule has 0 bridgehead atoms. The number of rotatable bonds is 1. The molecular formula is C9H19NO. The van der Waals surface area contributed by atoms with Crippen LogP contribution < -0.4 is 0 Å². The standard InChI is InChI=1S/C9H19NO/c1-7(2)10-8(3)5-11-6-9(10)4/h7-9H,5-6H2,1-4H3/t8-,9?/m1/s1. The lowest BCUT2D eigenvalue weighted by Gasteiger charge is -2.41. The molecular weight excluding hydrogens is 138 g/mol. The maximum atomic E-state index is 5.43. The van der Waals surface area contributed by atoms with Crippen LogP contribution in [0.2, 0.25) is 0 Å². The minimum Gasteiger partial charge on any atom is -0.378 e. The van der Waals surface area contributed by atoms with E-state index in [2.05, 4.69) is 32.6 Å². The summed E-state index contributed by atoms with van der Waals surface area (Å²) in [6, 6.07) is 1.81. The topological polar surface area (TPSA) is 12.5 Å². The van der Waals surface area contributed by atoms with Crippen molar-refractivity contribution in [3.63, 3.8) is 0 Å². The van der Waals surface area contributed by atoms with Crippen LogP contribution in [0.15, 0.2) is 0 Å². The van der Waals surface area contributed by atoms with Gasteiger partial charge in [0.2, 0.25) is 0 Å². The van der Waals surface area contributed by atoms with Crippen LogP contribution in [0.1, 0.15) is 27.7 Å². The third kappa shape index (κ3) is 1.94. The van der Waals surface area contributed by atoms with Gasteiger partial charge in [-0.15, -0.1) is 0 Å². The van der Waals surface area contributed by atoms with Crippen LogP contribution in [-0.4, -0.2) is 36.2 Å². The molecule has 2 heteroatoms. The highest BCUT2D eigenvalue weighted by Gasteiger charge is 2.26. The Morgan fingerprint density at radius 2 is 1.64 bits per heavy atom. The van der Waals surface area contributed by atoms with E-state index in [1.54, 1.807) is 0 Å². The molecule has 2 nitrogen and oxygen atoms in total. The van der Waals surface area contributed by atoms with Gasteiger partial charge in [0, 0.05) is 18.1 Å². The molecule has 0 N–H and O–H groups in total. The van der Waals surface area contributed by atoms with Crippen molar-refractivity contribution in [2.75, 3.05) is 13.2 Å². The molecule has 0 amide bonds. The molecule has 0 aliphatic carbocycles. The normalized spacial score (nSPS) is 34.6. The van der Waals surface area contributed by atoms with Crippen molar-refractivity contribution in [1.29, 1.82) is 0 Å². The Kier molecular flexibility index (Phi) is 2.90. The predicted octanol–water partition coefficient (Wildman–Crippen LogP) is 1.50. The summed E-state index contributed by atoms with van der Waals surface area (Å²) in [7, 11) is 0. The minimum atomic E-state index is 0.582. The number of ether oxygens (including phenoxy) is 1. The van der Waals surface area contributed by atoms with Gasteiger partial charge in [-0.2, -0.15) is 0 Å². The number of nitrogens with zero attached hydrogens (tertiary/aromatic N) is 1. The second-order valence-electron chi connectivity index (χ2n) is 3.78. The van der Waals surface area contributed by atoms with Gasteiger partial charge in [-0.1, -0.05) is 0 Å². The largest absolute Gasteiger partial charge is 0.378 e. The molecule has 1 aliphatic heterocycles. The van der Waals surface area contributed by atoms with Gasteiger partial charge >= 0.3 is 0 Å². The second-order valence-corrected chi connectivity index (χ2v) is 3.78. The highest BCUT2D eigenvalue weighted by Crippen LogP contribution is 2.15. The van der Waals surface area contributed by atoms with E-state index in [-0.39, 0.29) is 0 Å². The quantitative estimate of drug-likeness (QED) is 0.572. The van der Waals surface area contributed by atoms with Gasteiger partial charge in [-0.05, 0) is 27.7 Å². The van der Waals surface area contributed by atoms with Crippen LogP contribution in [0, 0.1) is 0 Å². The molecule has 0 aromatic rings. The van der Waals surface area contributed by atoms with Crippen molar-refractivity contribution in [3.8, 4) is 0 Å².